The molecule has 1 fully saturated rings. The fraction of sp³-hybridized carbons (Fsp3) is 0.583. The molecule has 0 N–H and O–H groups in total. The maximum absolute atomic E-state index is 13.7. The van der Waals surface area contributed by atoms with E-state index in [1.165, 1.54) is 4.90 Å². The van der Waals surface area contributed by atoms with Gasteiger partial charge in [0.15, 0.2) is 11.7 Å². The lowest BCUT2D eigenvalue weighted by molar-refractivity contribution is 0.132. The van der Waals surface area contributed by atoms with Crippen LogP contribution in [0, 0.1) is 0 Å². The highest BCUT2D eigenvalue weighted by Gasteiger charge is 2.36. The minimum Gasteiger partial charge on any atom is -0.444 e. The standard InChI is InChI=1S/C12H15F2NO2/c1-3-8-6-15(12(16)17-8)9-5-4-7(2)10(13)11(9)14/h8H,3-6H2,1-2H3. The van der Waals surface area contributed by atoms with Crippen molar-refractivity contribution in [3.05, 3.63) is 22.9 Å². The van der Waals surface area contributed by atoms with Crippen molar-refractivity contribution >= 4 is 6.09 Å². The van der Waals surface area contributed by atoms with Crippen LogP contribution >= 0.6 is 0 Å². The average Bonchev–Trinajstić information content (AvgIpc) is 2.68. The van der Waals surface area contributed by atoms with Gasteiger partial charge >= 0.3 is 6.09 Å². The molecular weight excluding hydrogens is 228 g/mol. The quantitative estimate of drug-likeness (QED) is 0.743. The molecule has 3 nitrogen and oxygen atoms in total. The zero-order valence-electron chi connectivity index (χ0n) is 9.93. The second-order valence-corrected chi connectivity index (χ2v) is 4.38. The number of nitrogens with zero attached hydrogens (tertiary/aromatic N) is 1. The van der Waals surface area contributed by atoms with Gasteiger partial charge < -0.3 is 4.74 Å². The maximum atomic E-state index is 13.7. The number of rotatable bonds is 2. The van der Waals surface area contributed by atoms with E-state index in [2.05, 4.69) is 0 Å². The molecule has 0 aromatic heterocycles. The van der Waals surface area contributed by atoms with Crippen molar-refractivity contribution in [3.63, 3.8) is 0 Å². The van der Waals surface area contributed by atoms with E-state index in [0.717, 1.165) is 0 Å². The van der Waals surface area contributed by atoms with Gasteiger partial charge in [-0.1, -0.05) is 6.92 Å². The molecule has 1 heterocycles. The summed E-state index contributed by atoms with van der Waals surface area (Å²) >= 11 is 0. The zero-order chi connectivity index (χ0) is 12.6. The van der Waals surface area contributed by atoms with E-state index >= 15 is 0 Å². The number of carbonyl (C=O) groups excluding carboxylic acids is 1. The molecule has 2 rings (SSSR count). The number of hydrogen-bond donors (Lipinski definition) is 0. The number of ether oxygens (including phenoxy) is 1. The molecule has 0 aromatic rings. The first-order chi connectivity index (χ1) is 8.04. The fourth-order valence-electron chi connectivity index (χ4n) is 2.05. The molecule has 0 bridgehead atoms. The van der Waals surface area contributed by atoms with Gasteiger partial charge in [-0.3, -0.25) is 4.90 Å². The first-order valence-corrected chi connectivity index (χ1v) is 5.77. The summed E-state index contributed by atoms with van der Waals surface area (Å²) in [6.07, 6.45) is 0.660. The van der Waals surface area contributed by atoms with Gasteiger partial charge in [-0.2, -0.15) is 0 Å². The third-order valence-electron chi connectivity index (χ3n) is 3.21. The van der Waals surface area contributed by atoms with E-state index in [1.54, 1.807) is 6.92 Å². The van der Waals surface area contributed by atoms with Crippen molar-refractivity contribution in [2.45, 2.75) is 39.2 Å². The highest BCUT2D eigenvalue weighted by molar-refractivity contribution is 5.72. The molecule has 1 aliphatic carbocycles. The van der Waals surface area contributed by atoms with E-state index in [4.69, 9.17) is 4.74 Å². The molecule has 94 valence electrons. The highest BCUT2D eigenvalue weighted by atomic mass is 19.2. The van der Waals surface area contributed by atoms with Gasteiger partial charge in [0.2, 0.25) is 0 Å². The van der Waals surface area contributed by atoms with Crippen LogP contribution in [0.1, 0.15) is 33.1 Å². The summed E-state index contributed by atoms with van der Waals surface area (Å²) in [7, 11) is 0. The fourth-order valence-corrected chi connectivity index (χ4v) is 2.05. The molecule has 17 heavy (non-hydrogen) atoms. The smallest absolute Gasteiger partial charge is 0.414 e. The van der Waals surface area contributed by atoms with E-state index in [0.29, 0.717) is 31.4 Å². The minimum atomic E-state index is -0.914. The van der Waals surface area contributed by atoms with Crippen LogP contribution in [0.5, 0.6) is 0 Å². The van der Waals surface area contributed by atoms with Gasteiger partial charge in [0.25, 0.3) is 0 Å². The van der Waals surface area contributed by atoms with E-state index < -0.39 is 17.7 Å². The highest BCUT2D eigenvalue weighted by Crippen LogP contribution is 2.35. The lowest BCUT2D eigenvalue weighted by Gasteiger charge is -2.22. The second-order valence-electron chi connectivity index (χ2n) is 4.38. The van der Waals surface area contributed by atoms with Crippen molar-refractivity contribution in [1.82, 2.24) is 4.90 Å². The molecule has 2 aliphatic rings. The molecule has 5 heteroatoms. The number of carbonyl (C=O) groups is 1. The Labute approximate surface area is 98.7 Å². The predicted molar refractivity (Wildman–Crippen MR) is 58.4 cm³/mol. The minimum absolute atomic E-state index is 0.119. The summed E-state index contributed by atoms with van der Waals surface area (Å²) in [6.45, 7) is 3.75. The molecule has 1 aliphatic heterocycles. The number of allylic oxidation sites excluding steroid dienone is 4. The first kappa shape index (κ1) is 12.1. The van der Waals surface area contributed by atoms with Crippen molar-refractivity contribution < 1.29 is 18.3 Å². The van der Waals surface area contributed by atoms with Crippen LogP contribution in [-0.4, -0.2) is 23.6 Å². The normalized spacial score (nSPS) is 25.8. The molecule has 0 radical (unpaired) electrons. The van der Waals surface area contributed by atoms with Gasteiger partial charge in [-0.15, -0.1) is 0 Å². The second kappa shape index (κ2) is 4.47. The Morgan fingerprint density at radius 3 is 2.65 bits per heavy atom. The van der Waals surface area contributed by atoms with Crippen molar-refractivity contribution in [2.24, 2.45) is 0 Å². The Morgan fingerprint density at radius 2 is 2.06 bits per heavy atom. The van der Waals surface area contributed by atoms with Gasteiger partial charge in [0.05, 0.1) is 12.2 Å². The molecular formula is C12H15F2NO2. The lowest BCUT2D eigenvalue weighted by Crippen LogP contribution is -2.26. The predicted octanol–water partition coefficient (Wildman–Crippen LogP) is 3.44. The zero-order valence-corrected chi connectivity index (χ0v) is 9.93. The summed E-state index contributed by atoms with van der Waals surface area (Å²) in [6, 6.07) is 0. The molecule has 1 atom stereocenters. The third-order valence-corrected chi connectivity index (χ3v) is 3.21. The average molecular weight is 243 g/mol. The van der Waals surface area contributed by atoms with Gasteiger partial charge in [-0.05, 0) is 31.8 Å². The van der Waals surface area contributed by atoms with Crippen molar-refractivity contribution in [1.29, 1.82) is 0 Å². The molecule has 0 aromatic carbocycles. The van der Waals surface area contributed by atoms with E-state index in [-0.39, 0.29) is 11.8 Å². The van der Waals surface area contributed by atoms with Gasteiger partial charge in [0.1, 0.15) is 6.10 Å². The molecule has 1 unspecified atom stereocenters. The summed E-state index contributed by atoms with van der Waals surface area (Å²) in [4.78, 5) is 12.8. The number of cyclic esters (lactones) is 1. The van der Waals surface area contributed by atoms with Crippen molar-refractivity contribution in [2.75, 3.05) is 6.54 Å². The van der Waals surface area contributed by atoms with Crippen LogP contribution in [0.15, 0.2) is 22.9 Å². The Balaban J connectivity index is 2.27. The van der Waals surface area contributed by atoms with Gasteiger partial charge in [-0.25, -0.2) is 13.6 Å². The molecule has 0 spiro atoms. The van der Waals surface area contributed by atoms with Crippen LogP contribution in [0.25, 0.3) is 0 Å². The summed E-state index contributed by atoms with van der Waals surface area (Å²) < 4.78 is 32.2. The maximum Gasteiger partial charge on any atom is 0.414 e. The number of halogens is 2. The van der Waals surface area contributed by atoms with Crippen LogP contribution in [0.3, 0.4) is 0 Å². The largest absolute Gasteiger partial charge is 0.444 e. The molecule has 1 saturated heterocycles. The Hall–Kier alpha value is -1.39. The molecule has 0 saturated carbocycles. The SMILES string of the molecule is CCC1CN(C2=C(F)C(F)=C(C)CC2)C(=O)O1. The van der Waals surface area contributed by atoms with Crippen LogP contribution in [0.4, 0.5) is 13.6 Å². The Kier molecular flexibility index (Phi) is 3.17. The van der Waals surface area contributed by atoms with Crippen LogP contribution in [0.2, 0.25) is 0 Å². The number of hydrogen-bond acceptors (Lipinski definition) is 2. The topological polar surface area (TPSA) is 29.5 Å². The Morgan fingerprint density at radius 1 is 1.35 bits per heavy atom. The monoisotopic (exact) mass is 243 g/mol. The lowest BCUT2D eigenvalue weighted by atomic mass is 10.0. The van der Waals surface area contributed by atoms with E-state index in [9.17, 15) is 13.6 Å². The van der Waals surface area contributed by atoms with Crippen molar-refractivity contribution in [3.8, 4) is 0 Å². The third kappa shape index (κ3) is 2.06. The summed E-state index contributed by atoms with van der Waals surface area (Å²) in [5, 5.41) is 0. The van der Waals surface area contributed by atoms with E-state index in [1.807, 2.05) is 6.92 Å². The summed E-state index contributed by atoms with van der Waals surface area (Å²) in [5.74, 6) is -1.75. The molecule has 1 amide bonds. The number of amides is 1. The van der Waals surface area contributed by atoms with Gasteiger partial charge in [0, 0.05) is 0 Å². The van der Waals surface area contributed by atoms with Crippen LogP contribution in [-0.2, 0) is 4.74 Å². The van der Waals surface area contributed by atoms with Crippen LogP contribution < -0.4 is 0 Å². The Bertz CT molecular complexity index is 415. The first-order valence-electron chi connectivity index (χ1n) is 5.77. The summed E-state index contributed by atoms with van der Waals surface area (Å²) in [5.41, 5.74) is 0.514.